The number of morpholine rings is 1. The molecule has 2 aliphatic heterocycles. The molecule has 0 radical (unpaired) electrons. The molecule has 5 rings (SSSR count). The number of fused-ring (bicyclic) bond motifs is 3. The lowest BCUT2D eigenvalue weighted by molar-refractivity contribution is -0.117. The van der Waals surface area contributed by atoms with Gasteiger partial charge in [-0.1, -0.05) is 49.4 Å². The highest BCUT2D eigenvalue weighted by molar-refractivity contribution is 5.93. The third-order valence-corrected chi connectivity index (χ3v) is 7.29. The maximum Gasteiger partial charge on any atom is 0.238 e. The van der Waals surface area contributed by atoms with E-state index in [9.17, 15) is 4.79 Å². The number of nitrogens with zero attached hydrogens (tertiary/aromatic N) is 2. The molecule has 1 N–H and O–H groups in total. The first-order valence-corrected chi connectivity index (χ1v) is 14.0. The maximum atomic E-state index is 13.0. The Morgan fingerprint density at radius 3 is 2.51 bits per heavy atom. The van der Waals surface area contributed by atoms with Gasteiger partial charge in [-0.3, -0.25) is 9.69 Å². The van der Waals surface area contributed by atoms with Crippen LogP contribution in [0.25, 0.3) is 0 Å². The van der Waals surface area contributed by atoms with Crippen molar-refractivity contribution in [1.29, 1.82) is 0 Å². The SMILES string of the molecule is CCc1ccccc1NC(=O)CN1CCOCCOc2ccc(N3CCOCC3)cc2Cc2cccc(c2)C1. The Morgan fingerprint density at radius 2 is 1.64 bits per heavy atom. The van der Waals surface area contributed by atoms with Crippen molar-refractivity contribution in [2.24, 2.45) is 0 Å². The number of hydrogen-bond donors (Lipinski definition) is 1. The number of nitrogens with one attached hydrogen (secondary N) is 1. The number of aryl methyl sites for hydroxylation is 1. The first-order chi connectivity index (χ1) is 19.2. The molecule has 1 amide bonds. The Bertz CT molecular complexity index is 1240. The van der Waals surface area contributed by atoms with Gasteiger partial charge in [0.05, 0.1) is 33.0 Å². The lowest BCUT2D eigenvalue weighted by atomic mass is 10.0. The number of ether oxygens (including phenoxy) is 3. The molecule has 2 aliphatic rings. The lowest BCUT2D eigenvalue weighted by Crippen LogP contribution is -2.36. The van der Waals surface area contributed by atoms with E-state index in [0.29, 0.717) is 39.5 Å². The zero-order chi connectivity index (χ0) is 26.9. The molecule has 3 aromatic carbocycles. The molecule has 39 heavy (non-hydrogen) atoms. The van der Waals surface area contributed by atoms with Crippen LogP contribution in [-0.2, 0) is 33.7 Å². The van der Waals surface area contributed by atoms with Crippen LogP contribution in [0, 0.1) is 0 Å². The van der Waals surface area contributed by atoms with Crippen molar-refractivity contribution in [1.82, 2.24) is 4.90 Å². The maximum absolute atomic E-state index is 13.0. The number of hydrogen-bond acceptors (Lipinski definition) is 6. The topological polar surface area (TPSA) is 63.3 Å². The normalized spacial score (nSPS) is 17.0. The van der Waals surface area contributed by atoms with Crippen LogP contribution >= 0.6 is 0 Å². The second-order valence-electron chi connectivity index (χ2n) is 10.1. The molecule has 1 saturated heterocycles. The Kier molecular flexibility index (Phi) is 9.48. The highest BCUT2D eigenvalue weighted by Crippen LogP contribution is 2.28. The highest BCUT2D eigenvalue weighted by Gasteiger charge is 2.17. The van der Waals surface area contributed by atoms with Crippen molar-refractivity contribution in [2.75, 3.05) is 69.4 Å². The molecule has 7 nitrogen and oxygen atoms in total. The summed E-state index contributed by atoms with van der Waals surface area (Å²) < 4.78 is 17.6. The molecule has 206 valence electrons. The number of carbonyl (C=O) groups is 1. The average Bonchev–Trinajstić information content (AvgIpc) is 2.96. The van der Waals surface area contributed by atoms with Gasteiger partial charge in [-0.15, -0.1) is 0 Å². The summed E-state index contributed by atoms with van der Waals surface area (Å²) in [5.74, 6) is 0.893. The van der Waals surface area contributed by atoms with Gasteiger partial charge in [0.25, 0.3) is 0 Å². The summed E-state index contributed by atoms with van der Waals surface area (Å²) in [6.45, 7) is 8.56. The summed E-state index contributed by atoms with van der Waals surface area (Å²) >= 11 is 0. The van der Waals surface area contributed by atoms with Gasteiger partial charge in [-0.2, -0.15) is 0 Å². The molecule has 0 unspecified atom stereocenters. The van der Waals surface area contributed by atoms with E-state index in [2.05, 4.69) is 70.6 Å². The summed E-state index contributed by atoms with van der Waals surface area (Å²) in [5.41, 5.74) is 6.80. The van der Waals surface area contributed by atoms with Crippen molar-refractivity contribution in [3.8, 4) is 5.75 Å². The number of carbonyl (C=O) groups excluding carboxylic acids is 1. The molecular weight excluding hydrogens is 490 g/mol. The number of amides is 1. The fourth-order valence-electron chi connectivity index (χ4n) is 5.24. The van der Waals surface area contributed by atoms with Crippen LogP contribution in [0.4, 0.5) is 11.4 Å². The van der Waals surface area contributed by atoms with E-state index in [1.165, 1.54) is 22.4 Å². The fraction of sp³-hybridized carbons (Fsp3) is 0.406. The standard InChI is InChI=1S/C32H39N3O4/c1-2-27-8-3-4-9-30(27)33-32(36)24-34-12-15-38-18-19-39-31-11-10-29(35-13-16-37-17-14-35)22-28(31)21-25-6-5-7-26(20-25)23-34/h3-11,20,22H,2,12-19,21,23-24H2,1H3,(H,33,36). The minimum absolute atomic E-state index is 0.0129. The summed E-state index contributed by atoms with van der Waals surface area (Å²) in [6.07, 6.45) is 1.65. The number of anilines is 2. The lowest BCUT2D eigenvalue weighted by Gasteiger charge is -2.29. The third-order valence-electron chi connectivity index (χ3n) is 7.29. The van der Waals surface area contributed by atoms with Crippen LogP contribution in [0.5, 0.6) is 5.75 Å². The first-order valence-electron chi connectivity index (χ1n) is 14.0. The van der Waals surface area contributed by atoms with Crippen molar-refractivity contribution in [3.63, 3.8) is 0 Å². The van der Waals surface area contributed by atoms with Gasteiger partial charge in [0, 0.05) is 49.5 Å². The molecule has 3 aromatic rings. The van der Waals surface area contributed by atoms with Crippen LogP contribution in [0.2, 0.25) is 0 Å². The fourth-order valence-corrected chi connectivity index (χ4v) is 5.24. The molecule has 0 saturated carbocycles. The van der Waals surface area contributed by atoms with Crippen LogP contribution in [0.15, 0.2) is 66.7 Å². The predicted octanol–water partition coefficient (Wildman–Crippen LogP) is 4.53. The zero-order valence-corrected chi connectivity index (χ0v) is 22.9. The van der Waals surface area contributed by atoms with Crippen LogP contribution in [-0.4, -0.2) is 70.0 Å². The minimum atomic E-state index is -0.0129. The quantitative estimate of drug-likeness (QED) is 0.524. The van der Waals surface area contributed by atoms with Gasteiger partial charge in [0.1, 0.15) is 12.4 Å². The highest BCUT2D eigenvalue weighted by atomic mass is 16.5. The third kappa shape index (κ3) is 7.60. The molecular formula is C32H39N3O4. The molecule has 2 bridgehead atoms. The van der Waals surface area contributed by atoms with Crippen LogP contribution in [0.3, 0.4) is 0 Å². The summed E-state index contributed by atoms with van der Waals surface area (Å²) in [6, 6.07) is 23.1. The predicted molar refractivity (Wildman–Crippen MR) is 155 cm³/mol. The molecule has 0 spiro atoms. The number of para-hydroxylation sites is 1. The molecule has 0 aromatic heterocycles. The van der Waals surface area contributed by atoms with Gasteiger partial charge in [0.15, 0.2) is 0 Å². The monoisotopic (exact) mass is 529 g/mol. The van der Waals surface area contributed by atoms with E-state index in [1.54, 1.807) is 0 Å². The Balaban J connectivity index is 1.32. The zero-order valence-electron chi connectivity index (χ0n) is 22.9. The van der Waals surface area contributed by atoms with E-state index in [0.717, 1.165) is 56.1 Å². The summed E-state index contributed by atoms with van der Waals surface area (Å²) in [7, 11) is 0. The van der Waals surface area contributed by atoms with Crippen molar-refractivity contribution < 1.29 is 19.0 Å². The second-order valence-corrected chi connectivity index (χ2v) is 10.1. The van der Waals surface area contributed by atoms with Crippen molar-refractivity contribution in [2.45, 2.75) is 26.3 Å². The largest absolute Gasteiger partial charge is 0.491 e. The molecule has 0 aliphatic carbocycles. The van der Waals surface area contributed by atoms with E-state index in [-0.39, 0.29) is 5.91 Å². The average molecular weight is 530 g/mol. The molecule has 0 atom stereocenters. The van der Waals surface area contributed by atoms with E-state index >= 15 is 0 Å². The Morgan fingerprint density at radius 1 is 0.846 bits per heavy atom. The Labute approximate surface area is 231 Å². The summed E-state index contributed by atoms with van der Waals surface area (Å²) in [5, 5.41) is 3.11. The van der Waals surface area contributed by atoms with E-state index in [4.69, 9.17) is 14.2 Å². The second kappa shape index (κ2) is 13.6. The van der Waals surface area contributed by atoms with Gasteiger partial charge < -0.3 is 24.4 Å². The van der Waals surface area contributed by atoms with Gasteiger partial charge in [0.2, 0.25) is 5.91 Å². The van der Waals surface area contributed by atoms with E-state index in [1.807, 2.05) is 18.2 Å². The Hall–Kier alpha value is -3.39. The summed E-state index contributed by atoms with van der Waals surface area (Å²) in [4.78, 5) is 17.5. The molecule has 2 heterocycles. The van der Waals surface area contributed by atoms with E-state index < -0.39 is 0 Å². The first kappa shape index (κ1) is 27.2. The van der Waals surface area contributed by atoms with Crippen LogP contribution < -0.4 is 15.0 Å². The van der Waals surface area contributed by atoms with Crippen molar-refractivity contribution in [3.05, 3.63) is 89.0 Å². The number of rotatable bonds is 5. The van der Waals surface area contributed by atoms with Crippen LogP contribution in [0.1, 0.15) is 29.2 Å². The number of benzene rings is 3. The van der Waals surface area contributed by atoms with Crippen molar-refractivity contribution >= 4 is 17.3 Å². The smallest absolute Gasteiger partial charge is 0.238 e. The van der Waals surface area contributed by atoms with Gasteiger partial charge >= 0.3 is 0 Å². The minimum Gasteiger partial charge on any atom is -0.491 e. The van der Waals surface area contributed by atoms with Gasteiger partial charge in [-0.25, -0.2) is 0 Å². The van der Waals surface area contributed by atoms with Gasteiger partial charge in [-0.05, 0) is 47.4 Å². The molecule has 1 fully saturated rings. The molecule has 7 heteroatoms.